The second-order valence-electron chi connectivity index (χ2n) is 2.69. The van der Waals surface area contributed by atoms with Crippen molar-refractivity contribution in [3.8, 4) is 11.8 Å². The van der Waals surface area contributed by atoms with Gasteiger partial charge < -0.3 is 5.11 Å². The third-order valence-electron chi connectivity index (χ3n) is 1.71. The van der Waals surface area contributed by atoms with Crippen LogP contribution in [0.25, 0.3) is 0 Å². The minimum Gasteiger partial charge on any atom is -0.506 e. The fraction of sp³-hybridized carbons (Fsp3) is 0.250. The van der Waals surface area contributed by atoms with Gasteiger partial charge in [0.25, 0.3) is 6.43 Å². The van der Waals surface area contributed by atoms with Gasteiger partial charge in [-0.15, -0.1) is 0 Å². The number of nitrogens with zero attached hydrogens (tertiary/aromatic N) is 2. The third kappa shape index (κ3) is 2.03. The smallest absolute Gasteiger partial charge is 0.419 e. The average Bonchev–Trinajstić information content (AvgIpc) is 2.15. The minimum atomic E-state index is -5.18. The van der Waals surface area contributed by atoms with Crippen molar-refractivity contribution in [2.24, 2.45) is 0 Å². The average molecular weight is 238 g/mol. The van der Waals surface area contributed by atoms with Gasteiger partial charge in [-0.1, -0.05) is 0 Å². The lowest BCUT2D eigenvalue weighted by molar-refractivity contribution is -0.140. The van der Waals surface area contributed by atoms with Crippen LogP contribution in [0.1, 0.15) is 23.2 Å². The van der Waals surface area contributed by atoms with Crippen LogP contribution in [-0.2, 0) is 6.18 Å². The molecule has 1 heterocycles. The van der Waals surface area contributed by atoms with Crippen LogP contribution in [0.15, 0.2) is 6.20 Å². The summed E-state index contributed by atoms with van der Waals surface area (Å²) in [6.45, 7) is 0. The molecule has 0 aromatic carbocycles. The van der Waals surface area contributed by atoms with Gasteiger partial charge in [0.15, 0.2) is 5.69 Å². The van der Waals surface area contributed by atoms with Gasteiger partial charge in [-0.3, -0.25) is 0 Å². The van der Waals surface area contributed by atoms with Crippen LogP contribution in [0.2, 0.25) is 0 Å². The van der Waals surface area contributed by atoms with Gasteiger partial charge >= 0.3 is 6.18 Å². The van der Waals surface area contributed by atoms with Crippen molar-refractivity contribution in [1.82, 2.24) is 4.98 Å². The number of hydrogen-bond acceptors (Lipinski definition) is 3. The molecule has 1 aromatic heterocycles. The van der Waals surface area contributed by atoms with E-state index in [0.29, 0.717) is 6.20 Å². The van der Waals surface area contributed by atoms with E-state index in [1.54, 1.807) is 0 Å². The molecule has 1 aromatic rings. The maximum atomic E-state index is 12.4. The number of aromatic nitrogens is 1. The van der Waals surface area contributed by atoms with E-state index in [-0.39, 0.29) is 0 Å². The molecule has 1 N–H and O–H groups in total. The molecular formula is C8H3F5N2O. The number of rotatable bonds is 1. The van der Waals surface area contributed by atoms with Crippen LogP contribution < -0.4 is 0 Å². The molecule has 0 saturated carbocycles. The highest BCUT2D eigenvalue weighted by Crippen LogP contribution is 2.41. The van der Waals surface area contributed by atoms with E-state index in [9.17, 15) is 22.0 Å². The first-order valence-electron chi connectivity index (χ1n) is 3.76. The van der Waals surface area contributed by atoms with Gasteiger partial charge in [-0.05, 0) is 0 Å². The first kappa shape index (κ1) is 12.2. The summed E-state index contributed by atoms with van der Waals surface area (Å²) in [6, 6.07) is 1.05. The Balaban J connectivity index is 3.64. The fourth-order valence-corrected chi connectivity index (χ4v) is 1.11. The fourth-order valence-electron chi connectivity index (χ4n) is 1.11. The predicted molar refractivity (Wildman–Crippen MR) is 40.6 cm³/mol. The van der Waals surface area contributed by atoms with Gasteiger partial charge in [0.1, 0.15) is 17.4 Å². The summed E-state index contributed by atoms with van der Waals surface area (Å²) in [6.07, 6.45) is -8.34. The molecule has 16 heavy (non-hydrogen) atoms. The van der Waals surface area contributed by atoms with Gasteiger partial charge in [0.2, 0.25) is 0 Å². The summed E-state index contributed by atoms with van der Waals surface area (Å²) in [7, 11) is 0. The summed E-state index contributed by atoms with van der Waals surface area (Å²) in [5.74, 6) is -1.29. The monoisotopic (exact) mass is 238 g/mol. The van der Waals surface area contributed by atoms with Gasteiger partial charge in [-0.2, -0.15) is 18.4 Å². The van der Waals surface area contributed by atoms with E-state index in [1.165, 1.54) is 0 Å². The molecule has 0 amide bonds. The first-order valence-corrected chi connectivity index (χ1v) is 3.76. The van der Waals surface area contributed by atoms with Gasteiger partial charge in [0, 0.05) is 0 Å². The van der Waals surface area contributed by atoms with Crippen LogP contribution in [-0.4, -0.2) is 10.1 Å². The number of halogens is 5. The molecule has 0 radical (unpaired) electrons. The molecule has 86 valence electrons. The summed E-state index contributed by atoms with van der Waals surface area (Å²) in [5.41, 5.74) is -4.72. The van der Waals surface area contributed by atoms with Crippen molar-refractivity contribution in [2.45, 2.75) is 12.6 Å². The van der Waals surface area contributed by atoms with Gasteiger partial charge in [-0.25, -0.2) is 13.8 Å². The molecular weight excluding hydrogens is 235 g/mol. The van der Waals surface area contributed by atoms with Crippen LogP contribution in [0.5, 0.6) is 5.75 Å². The summed E-state index contributed by atoms with van der Waals surface area (Å²) >= 11 is 0. The van der Waals surface area contributed by atoms with Crippen LogP contribution in [0.3, 0.4) is 0 Å². The summed E-state index contributed by atoms with van der Waals surface area (Å²) in [5, 5.41) is 17.2. The zero-order chi connectivity index (χ0) is 12.5. The maximum Gasteiger partial charge on any atom is 0.419 e. The Hall–Kier alpha value is -1.91. The molecule has 3 nitrogen and oxygen atoms in total. The molecule has 0 bridgehead atoms. The van der Waals surface area contributed by atoms with Crippen molar-refractivity contribution in [2.75, 3.05) is 0 Å². The normalized spacial score (nSPS) is 11.6. The zero-order valence-corrected chi connectivity index (χ0v) is 7.39. The SMILES string of the molecule is N#Cc1ncc(O)c(C(F)F)c1C(F)(F)F. The first-order chi connectivity index (χ1) is 7.29. The van der Waals surface area contributed by atoms with Crippen LogP contribution >= 0.6 is 0 Å². The quantitative estimate of drug-likeness (QED) is 0.765. The summed E-state index contributed by atoms with van der Waals surface area (Å²) < 4.78 is 61.9. The topological polar surface area (TPSA) is 56.9 Å². The maximum absolute atomic E-state index is 12.4. The summed E-state index contributed by atoms with van der Waals surface area (Å²) in [4.78, 5) is 2.94. The number of alkyl halides is 5. The number of nitriles is 1. The lowest BCUT2D eigenvalue weighted by Gasteiger charge is -2.14. The number of hydrogen-bond donors (Lipinski definition) is 1. The van der Waals surface area contributed by atoms with E-state index < -0.39 is 35.2 Å². The van der Waals surface area contributed by atoms with Crippen molar-refractivity contribution in [3.63, 3.8) is 0 Å². The molecule has 1 rings (SSSR count). The molecule has 0 aliphatic rings. The van der Waals surface area contributed by atoms with Crippen molar-refractivity contribution in [1.29, 1.82) is 5.26 Å². The zero-order valence-electron chi connectivity index (χ0n) is 7.39. The Morgan fingerprint density at radius 1 is 1.38 bits per heavy atom. The van der Waals surface area contributed by atoms with E-state index in [1.807, 2.05) is 0 Å². The molecule has 0 aliphatic heterocycles. The highest BCUT2D eigenvalue weighted by Gasteiger charge is 2.41. The number of aromatic hydroxyl groups is 1. The molecule has 0 unspecified atom stereocenters. The molecule has 0 aliphatic carbocycles. The predicted octanol–water partition coefficient (Wildman–Crippen LogP) is 2.62. The van der Waals surface area contributed by atoms with E-state index in [0.717, 1.165) is 6.07 Å². The standard InChI is InChI=1S/C8H3F5N2O/c9-7(10)5-4(16)2-15-3(1-14)6(5)8(11,12)13/h2,7,16H. The van der Waals surface area contributed by atoms with Crippen molar-refractivity contribution in [3.05, 3.63) is 23.0 Å². The Kier molecular flexibility index (Phi) is 2.98. The van der Waals surface area contributed by atoms with Gasteiger partial charge in [0.05, 0.1) is 11.8 Å². The highest BCUT2D eigenvalue weighted by molar-refractivity contribution is 5.46. The Labute approximate surface area is 85.8 Å². The van der Waals surface area contributed by atoms with Crippen LogP contribution in [0, 0.1) is 11.3 Å². The Bertz CT molecular complexity index is 449. The van der Waals surface area contributed by atoms with E-state index in [2.05, 4.69) is 4.98 Å². The lowest BCUT2D eigenvalue weighted by atomic mass is 10.1. The van der Waals surface area contributed by atoms with Crippen molar-refractivity contribution < 1.29 is 27.1 Å². The Morgan fingerprint density at radius 2 is 1.94 bits per heavy atom. The lowest BCUT2D eigenvalue weighted by Crippen LogP contribution is -2.13. The molecule has 0 saturated heterocycles. The van der Waals surface area contributed by atoms with Crippen molar-refractivity contribution >= 4 is 0 Å². The molecule has 0 spiro atoms. The molecule has 0 fully saturated rings. The van der Waals surface area contributed by atoms with E-state index >= 15 is 0 Å². The second kappa shape index (κ2) is 3.92. The highest BCUT2D eigenvalue weighted by atomic mass is 19.4. The second-order valence-corrected chi connectivity index (χ2v) is 2.69. The van der Waals surface area contributed by atoms with E-state index in [4.69, 9.17) is 10.4 Å². The number of pyridine rings is 1. The molecule has 0 atom stereocenters. The third-order valence-corrected chi connectivity index (χ3v) is 1.71. The van der Waals surface area contributed by atoms with Crippen LogP contribution in [0.4, 0.5) is 22.0 Å². The Morgan fingerprint density at radius 3 is 2.31 bits per heavy atom. The largest absolute Gasteiger partial charge is 0.506 e. The minimum absolute atomic E-state index is 0.384. The molecule has 8 heteroatoms.